The highest BCUT2D eigenvalue weighted by Gasteiger charge is 2.43. The number of carbonyl (C=O) groups excluding carboxylic acids is 3. The largest absolute Gasteiger partial charge is 0.369 e. The van der Waals surface area contributed by atoms with Gasteiger partial charge in [0.25, 0.3) is 5.91 Å². The van der Waals surface area contributed by atoms with Gasteiger partial charge in [-0.25, -0.2) is 0 Å². The van der Waals surface area contributed by atoms with Crippen LogP contribution in [-0.4, -0.2) is 33.8 Å². The number of fused-ring (bicyclic) bond motifs is 1. The van der Waals surface area contributed by atoms with E-state index in [-0.39, 0.29) is 18.2 Å². The maximum Gasteiger partial charge on any atom is 0.257 e. The average molecular weight is 274 g/mol. The van der Waals surface area contributed by atoms with Gasteiger partial charge in [0.1, 0.15) is 6.04 Å². The van der Waals surface area contributed by atoms with Gasteiger partial charge in [-0.15, -0.1) is 0 Å². The van der Waals surface area contributed by atoms with Gasteiger partial charge in [0.2, 0.25) is 11.8 Å². The Morgan fingerprint density at radius 2 is 1.95 bits per heavy atom. The summed E-state index contributed by atoms with van der Waals surface area (Å²) in [7, 11) is 0. The number of benzene rings is 1. The first-order valence-electron chi connectivity index (χ1n) is 6.53. The number of rotatable bonds is 1. The van der Waals surface area contributed by atoms with Gasteiger partial charge < -0.3 is 5.11 Å². The van der Waals surface area contributed by atoms with Crippen molar-refractivity contribution in [2.45, 2.75) is 31.5 Å². The Kier molecular flexibility index (Phi) is 3.02. The number of aliphatic hydroxyl groups excluding tert-OH is 1. The molecule has 0 aliphatic carbocycles. The van der Waals surface area contributed by atoms with Gasteiger partial charge >= 0.3 is 0 Å². The van der Waals surface area contributed by atoms with Crippen molar-refractivity contribution in [2.24, 2.45) is 0 Å². The van der Waals surface area contributed by atoms with Crippen LogP contribution in [0, 0.1) is 0 Å². The van der Waals surface area contributed by atoms with E-state index in [1.807, 2.05) is 0 Å². The highest BCUT2D eigenvalue weighted by atomic mass is 16.3. The van der Waals surface area contributed by atoms with E-state index in [9.17, 15) is 19.5 Å². The highest BCUT2D eigenvalue weighted by molar-refractivity contribution is 6.04. The Balaban J connectivity index is 1.94. The zero-order chi connectivity index (χ0) is 14.3. The lowest BCUT2D eigenvalue weighted by molar-refractivity contribution is -0.134. The summed E-state index contributed by atoms with van der Waals surface area (Å²) in [6, 6.07) is 5.92. The van der Waals surface area contributed by atoms with Gasteiger partial charge in [-0.1, -0.05) is 18.2 Å². The standard InChI is InChI=1S/C14H14N2O4/c17-11-7-3-6-10(12(18)15-11)16-13(19)8-4-1-2-5-9(8)14(16)20/h1-2,4-5,10,13,19H,3,6-7H2,(H,15,17,18)/t10-,13?/m0/s1. The number of hydrogen-bond acceptors (Lipinski definition) is 4. The normalized spacial score (nSPS) is 26.2. The van der Waals surface area contributed by atoms with E-state index in [0.717, 1.165) is 0 Å². The molecule has 20 heavy (non-hydrogen) atoms. The molecule has 3 rings (SSSR count). The quantitative estimate of drug-likeness (QED) is 0.722. The van der Waals surface area contributed by atoms with Gasteiger partial charge in [-0.05, 0) is 18.9 Å². The predicted molar refractivity (Wildman–Crippen MR) is 68.4 cm³/mol. The summed E-state index contributed by atoms with van der Waals surface area (Å²) in [6.07, 6.45) is -0.000757. The lowest BCUT2D eigenvalue weighted by atomic mass is 10.1. The van der Waals surface area contributed by atoms with Crippen LogP contribution in [0.1, 0.15) is 41.4 Å². The first-order chi connectivity index (χ1) is 9.59. The summed E-state index contributed by atoms with van der Waals surface area (Å²) in [5.41, 5.74) is 0.907. The molecule has 1 saturated heterocycles. The molecule has 0 spiro atoms. The van der Waals surface area contributed by atoms with Crippen LogP contribution in [0.2, 0.25) is 0 Å². The first-order valence-corrected chi connectivity index (χ1v) is 6.53. The van der Waals surface area contributed by atoms with E-state index in [1.165, 1.54) is 4.90 Å². The fourth-order valence-corrected chi connectivity index (χ4v) is 2.76. The molecule has 6 heteroatoms. The molecule has 1 unspecified atom stereocenters. The molecule has 0 radical (unpaired) electrons. The van der Waals surface area contributed by atoms with E-state index in [0.29, 0.717) is 24.0 Å². The van der Waals surface area contributed by atoms with Crippen molar-refractivity contribution < 1.29 is 19.5 Å². The minimum absolute atomic E-state index is 0.257. The van der Waals surface area contributed by atoms with Crippen LogP contribution in [0.4, 0.5) is 0 Å². The zero-order valence-electron chi connectivity index (χ0n) is 10.7. The van der Waals surface area contributed by atoms with Crippen molar-refractivity contribution in [1.82, 2.24) is 10.2 Å². The second kappa shape index (κ2) is 4.72. The molecule has 1 aromatic carbocycles. The minimum atomic E-state index is -1.14. The number of hydrogen-bond donors (Lipinski definition) is 2. The Labute approximate surface area is 115 Å². The molecule has 0 aromatic heterocycles. The average Bonchev–Trinajstić information content (AvgIpc) is 2.57. The summed E-state index contributed by atoms with van der Waals surface area (Å²) in [4.78, 5) is 36.9. The molecule has 2 aliphatic heterocycles. The van der Waals surface area contributed by atoms with E-state index in [2.05, 4.69) is 5.32 Å². The van der Waals surface area contributed by atoms with Crippen LogP contribution in [0.3, 0.4) is 0 Å². The SMILES string of the molecule is O=C1CCC[C@H](N2C(=O)c3ccccc3C2O)C(=O)N1. The van der Waals surface area contributed by atoms with Crippen molar-refractivity contribution >= 4 is 17.7 Å². The molecule has 0 bridgehead atoms. The monoisotopic (exact) mass is 274 g/mol. The smallest absolute Gasteiger partial charge is 0.257 e. The summed E-state index contributed by atoms with van der Waals surface area (Å²) in [6.45, 7) is 0. The van der Waals surface area contributed by atoms with Crippen molar-refractivity contribution in [3.8, 4) is 0 Å². The fraction of sp³-hybridized carbons (Fsp3) is 0.357. The third-order valence-electron chi connectivity index (χ3n) is 3.75. The summed E-state index contributed by atoms with van der Waals surface area (Å²) in [5, 5.41) is 12.5. The second-order valence-corrected chi connectivity index (χ2v) is 4.99. The van der Waals surface area contributed by atoms with E-state index in [4.69, 9.17) is 0 Å². The maximum atomic E-state index is 12.3. The topological polar surface area (TPSA) is 86.7 Å². The highest BCUT2D eigenvalue weighted by Crippen LogP contribution is 2.34. The summed E-state index contributed by atoms with van der Waals surface area (Å²) in [5.74, 6) is -1.23. The molecule has 6 nitrogen and oxygen atoms in total. The lowest BCUT2D eigenvalue weighted by Crippen LogP contribution is -2.48. The van der Waals surface area contributed by atoms with Gasteiger partial charge in [-0.3, -0.25) is 24.6 Å². The summed E-state index contributed by atoms with van der Waals surface area (Å²) < 4.78 is 0. The van der Waals surface area contributed by atoms with Crippen molar-refractivity contribution in [3.05, 3.63) is 35.4 Å². The van der Waals surface area contributed by atoms with Crippen molar-refractivity contribution in [3.63, 3.8) is 0 Å². The molecule has 2 N–H and O–H groups in total. The molecule has 104 valence electrons. The number of nitrogens with one attached hydrogen (secondary N) is 1. The Hall–Kier alpha value is -2.21. The number of nitrogens with zero attached hydrogens (tertiary/aromatic N) is 1. The van der Waals surface area contributed by atoms with Crippen LogP contribution in [0.5, 0.6) is 0 Å². The fourth-order valence-electron chi connectivity index (χ4n) is 2.76. The van der Waals surface area contributed by atoms with E-state index < -0.39 is 18.2 Å². The maximum absolute atomic E-state index is 12.3. The number of carbonyl (C=O) groups is 3. The van der Waals surface area contributed by atoms with Gasteiger partial charge in [0.05, 0.1) is 0 Å². The van der Waals surface area contributed by atoms with Gasteiger partial charge in [-0.2, -0.15) is 0 Å². The van der Waals surface area contributed by atoms with Crippen LogP contribution in [0.15, 0.2) is 24.3 Å². The predicted octanol–water partition coefficient (Wildman–Crippen LogP) is 0.329. The summed E-state index contributed by atoms with van der Waals surface area (Å²) >= 11 is 0. The van der Waals surface area contributed by atoms with Crippen LogP contribution >= 0.6 is 0 Å². The lowest BCUT2D eigenvalue weighted by Gasteiger charge is -2.28. The number of amides is 3. The van der Waals surface area contributed by atoms with E-state index >= 15 is 0 Å². The molecule has 2 aliphatic rings. The van der Waals surface area contributed by atoms with Crippen LogP contribution in [-0.2, 0) is 9.59 Å². The molecule has 2 atom stereocenters. The van der Waals surface area contributed by atoms with Gasteiger partial charge in [0.15, 0.2) is 6.23 Å². The van der Waals surface area contributed by atoms with Gasteiger partial charge in [0, 0.05) is 17.5 Å². The molecule has 3 amide bonds. The Morgan fingerprint density at radius 3 is 2.70 bits per heavy atom. The second-order valence-electron chi connectivity index (χ2n) is 4.99. The molecule has 1 aromatic rings. The minimum Gasteiger partial charge on any atom is -0.369 e. The molecular formula is C14H14N2O4. The van der Waals surface area contributed by atoms with Crippen LogP contribution in [0.25, 0.3) is 0 Å². The first kappa shape index (κ1) is 12.8. The Bertz CT molecular complexity index is 599. The molecule has 1 fully saturated rings. The Morgan fingerprint density at radius 1 is 1.20 bits per heavy atom. The zero-order valence-corrected chi connectivity index (χ0v) is 10.7. The molecule has 2 heterocycles. The molecular weight excluding hydrogens is 260 g/mol. The van der Waals surface area contributed by atoms with Crippen LogP contribution < -0.4 is 5.32 Å². The van der Waals surface area contributed by atoms with Crippen molar-refractivity contribution in [2.75, 3.05) is 0 Å². The molecule has 0 saturated carbocycles. The number of imide groups is 1. The van der Waals surface area contributed by atoms with Crippen molar-refractivity contribution in [1.29, 1.82) is 0 Å². The number of aliphatic hydroxyl groups is 1. The third-order valence-corrected chi connectivity index (χ3v) is 3.75. The third kappa shape index (κ3) is 1.89. The van der Waals surface area contributed by atoms with E-state index in [1.54, 1.807) is 24.3 Å².